The van der Waals surface area contributed by atoms with Gasteiger partial charge in [0.25, 0.3) is 0 Å². The topological polar surface area (TPSA) is 52.3 Å². The van der Waals surface area contributed by atoms with E-state index in [-0.39, 0.29) is 18.2 Å². The van der Waals surface area contributed by atoms with Gasteiger partial charge in [-0.3, -0.25) is 4.79 Å². The summed E-state index contributed by atoms with van der Waals surface area (Å²) in [6.45, 7) is 5.49. The second-order valence-corrected chi connectivity index (χ2v) is 4.47. The van der Waals surface area contributed by atoms with Crippen molar-refractivity contribution < 1.29 is 18.3 Å². The quantitative estimate of drug-likeness (QED) is 0.805. The molecule has 2 rings (SSSR count). The Balaban J connectivity index is 2.26. The standard InChI is InChI=1S/C15H16FNO3/c1-4-19-14(18)8-13-10(3)17-15(20-13)11-6-5-9(2)12(16)7-11/h5-7H,4,8H2,1-3H3. The normalized spacial score (nSPS) is 10.6. The molecule has 0 bridgehead atoms. The minimum atomic E-state index is -0.367. The van der Waals surface area contributed by atoms with Crippen LogP contribution in [0.4, 0.5) is 4.39 Å². The first-order chi connectivity index (χ1) is 9.51. The zero-order chi connectivity index (χ0) is 14.7. The molecule has 0 aliphatic heterocycles. The Kier molecular flexibility index (Phi) is 4.17. The molecule has 0 aliphatic rings. The molecule has 0 aliphatic carbocycles. The van der Waals surface area contributed by atoms with Crippen molar-refractivity contribution in [2.75, 3.05) is 6.61 Å². The molecular weight excluding hydrogens is 261 g/mol. The monoisotopic (exact) mass is 277 g/mol. The first-order valence-electron chi connectivity index (χ1n) is 6.39. The first kappa shape index (κ1) is 14.2. The Morgan fingerprint density at radius 1 is 1.40 bits per heavy atom. The molecule has 5 heteroatoms. The second kappa shape index (κ2) is 5.86. The molecule has 1 heterocycles. The molecule has 20 heavy (non-hydrogen) atoms. The number of carbonyl (C=O) groups is 1. The molecule has 4 nitrogen and oxygen atoms in total. The molecule has 0 saturated carbocycles. The van der Waals surface area contributed by atoms with Crippen molar-refractivity contribution in [3.8, 4) is 11.5 Å². The van der Waals surface area contributed by atoms with E-state index in [1.54, 1.807) is 32.9 Å². The van der Waals surface area contributed by atoms with Gasteiger partial charge in [0.05, 0.1) is 12.3 Å². The van der Waals surface area contributed by atoms with Crippen LogP contribution < -0.4 is 0 Å². The number of aromatic nitrogens is 1. The highest BCUT2D eigenvalue weighted by molar-refractivity contribution is 5.72. The van der Waals surface area contributed by atoms with Gasteiger partial charge < -0.3 is 9.15 Å². The van der Waals surface area contributed by atoms with E-state index in [1.807, 2.05) is 0 Å². The number of rotatable bonds is 4. The van der Waals surface area contributed by atoms with E-state index in [0.717, 1.165) is 0 Å². The number of carbonyl (C=O) groups excluding carboxylic acids is 1. The number of aryl methyl sites for hydroxylation is 2. The van der Waals surface area contributed by atoms with Crippen LogP contribution in [0.1, 0.15) is 23.9 Å². The van der Waals surface area contributed by atoms with Crippen molar-refractivity contribution in [1.29, 1.82) is 0 Å². The predicted molar refractivity (Wildman–Crippen MR) is 71.7 cm³/mol. The van der Waals surface area contributed by atoms with Crippen LogP contribution in [0.15, 0.2) is 22.6 Å². The van der Waals surface area contributed by atoms with Crippen molar-refractivity contribution in [3.63, 3.8) is 0 Å². The molecule has 0 saturated heterocycles. The fraction of sp³-hybridized carbons (Fsp3) is 0.333. The van der Waals surface area contributed by atoms with Crippen LogP contribution in [0.25, 0.3) is 11.5 Å². The van der Waals surface area contributed by atoms with E-state index >= 15 is 0 Å². The third-order valence-corrected chi connectivity index (χ3v) is 2.92. The van der Waals surface area contributed by atoms with Gasteiger partial charge in [0.15, 0.2) is 0 Å². The summed E-state index contributed by atoms with van der Waals surface area (Å²) in [4.78, 5) is 15.7. The maximum atomic E-state index is 13.5. The Morgan fingerprint density at radius 3 is 2.80 bits per heavy atom. The number of hydrogen-bond donors (Lipinski definition) is 0. The Hall–Kier alpha value is -2.17. The van der Waals surface area contributed by atoms with Crippen LogP contribution in [0, 0.1) is 19.7 Å². The molecule has 0 fully saturated rings. The largest absolute Gasteiger partial charge is 0.466 e. The lowest BCUT2D eigenvalue weighted by molar-refractivity contribution is -0.142. The lowest BCUT2D eigenvalue weighted by atomic mass is 10.1. The summed E-state index contributed by atoms with van der Waals surface area (Å²) in [6, 6.07) is 4.77. The van der Waals surface area contributed by atoms with Crippen molar-refractivity contribution in [3.05, 3.63) is 41.0 Å². The number of ether oxygens (including phenoxy) is 1. The molecule has 106 valence electrons. The number of oxazole rings is 1. The van der Waals surface area contributed by atoms with Crippen LogP contribution in [-0.2, 0) is 16.0 Å². The maximum absolute atomic E-state index is 13.5. The number of nitrogens with zero attached hydrogens (tertiary/aromatic N) is 1. The van der Waals surface area contributed by atoms with E-state index in [1.165, 1.54) is 6.07 Å². The van der Waals surface area contributed by atoms with E-state index < -0.39 is 0 Å². The summed E-state index contributed by atoms with van der Waals surface area (Å²) in [5, 5.41) is 0. The van der Waals surface area contributed by atoms with Crippen LogP contribution in [-0.4, -0.2) is 17.6 Å². The van der Waals surface area contributed by atoms with Crippen LogP contribution in [0.5, 0.6) is 0 Å². The number of halogens is 1. The zero-order valence-corrected chi connectivity index (χ0v) is 11.7. The number of benzene rings is 1. The fourth-order valence-electron chi connectivity index (χ4n) is 1.78. The molecule has 0 amide bonds. The lowest BCUT2D eigenvalue weighted by Crippen LogP contribution is -2.07. The zero-order valence-electron chi connectivity index (χ0n) is 11.7. The maximum Gasteiger partial charge on any atom is 0.313 e. The predicted octanol–water partition coefficient (Wildman–Crippen LogP) is 3.20. The Bertz CT molecular complexity index is 634. The van der Waals surface area contributed by atoms with Gasteiger partial charge in [-0.25, -0.2) is 9.37 Å². The molecule has 0 N–H and O–H groups in total. The number of esters is 1. The van der Waals surface area contributed by atoms with E-state index in [2.05, 4.69) is 4.98 Å². The van der Waals surface area contributed by atoms with Crippen molar-refractivity contribution in [2.24, 2.45) is 0 Å². The van der Waals surface area contributed by atoms with Crippen molar-refractivity contribution in [2.45, 2.75) is 27.2 Å². The van der Waals surface area contributed by atoms with Gasteiger partial charge in [-0.15, -0.1) is 0 Å². The molecule has 0 spiro atoms. The van der Waals surface area contributed by atoms with Crippen LogP contribution in [0.2, 0.25) is 0 Å². The van der Waals surface area contributed by atoms with Gasteiger partial charge >= 0.3 is 5.97 Å². The smallest absolute Gasteiger partial charge is 0.313 e. The average molecular weight is 277 g/mol. The highest BCUT2D eigenvalue weighted by atomic mass is 19.1. The van der Waals surface area contributed by atoms with Gasteiger partial charge in [-0.2, -0.15) is 0 Å². The third-order valence-electron chi connectivity index (χ3n) is 2.92. The van der Waals surface area contributed by atoms with E-state index in [4.69, 9.17) is 9.15 Å². The Morgan fingerprint density at radius 2 is 2.15 bits per heavy atom. The van der Waals surface area contributed by atoms with Gasteiger partial charge in [0.1, 0.15) is 18.0 Å². The first-order valence-corrected chi connectivity index (χ1v) is 6.39. The molecule has 1 aromatic carbocycles. The molecular formula is C15H16FNO3. The highest BCUT2D eigenvalue weighted by Crippen LogP contribution is 2.24. The molecule has 0 unspecified atom stereocenters. The third kappa shape index (κ3) is 3.04. The van der Waals surface area contributed by atoms with Gasteiger partial charge in [-0.05, 0) is 38.5 Å². The Labute approximate surface area is 116 Å². The van der Waals surface area contributed by atoms with Crippen molar-refractivity contribution in [1.82, 2.24) is 4.98 Å². The summed E-state index contributed by atoms with van der Waals surface area (Å²) >= 11 is 0. The fourth-order valence-corrected chi connectivity index (χ4v) is 1.78. The summed E-state index contributed by atoms with van der Waals surface area (Å²) < 4.78 is 23.9. The van der Waals surface area contributed by atoms with E-state index in [9.17, 15) is 9.18 Å². The van der Waals surface area contributed by atoms with E-state index in [0.29, 0.717) is 35.1 Å². The summed E-state index contributed by atoms with van der Waals surface area (Å²) in [7, 11) is 0. The highest BCUT2D eigenvalue weighted by Gasteiger charge is 2.16. The lowest BCUT2D eigenvalue weighted by Gasteiger charge is -2.00. The minimum Gasteiger partial charge on any atom is -0.466 e. The summed E-state index contributed by atoms with van der Waals surface area (Å²) in [5.41, 5.74) is 1.71. The molecule has 0 atom stereocenters. The van der Waals surface area contributed by atoms with Gasteiger partial charge in [0.2, 0.25) is 5.89 Å². The SMILES string of the molecule is CCOC(=O)Cc1oc(-c2ccc(C)c(F)c2)nc1C. The minimum absolute atomic E-state index is 0.0288. The summed E-state index contributed by atoms with van der Waals surface area (Å²) in [6.07, 6.45) is 0.0288. The van der Waals surface area contributed by atoms with Crippen LogP contribution in [0.3, 0.4) is 0 Å². The average Bonchev–Trinajstić information content (AvgIpc) is 2.74. The van der Waals surface area contributed by atoms with Crippen molar-refractivity contribution >= 4 is 5.97 Å². The van der Waals surface area contributed by atoms with Gasteiger partial charge in [0, 0.05) is 5.56 Å². The van der Waals surface area contributed by atoms with Gasteiger partial charge in [-0.1, -0.05) is 6.07 Å². The number of hydrogen-bond acceptors (Lipinski definition) is 4. The molecule has 2 aromatic rings. The molecule has 1 aromatic heterocycles. The van der Waals surface area contributed by atoms with Crippen LogP contribution >= 0.6 is 0 Å². The second-order valence-electron chi connectivity index (χ2n) is 4.47. The molecule has 0 radical (unpaired) electrons. The summed E-state index contributed by atoms with van der Waals surface area (Å²) in [5.74, 6) is 0.0683.